The van der Waals surface area contributed by atoms with Gasteiger partial charge in [0, 0.05) is 0 Å². The van der Waals surface area contributed by atoms with E-state index in [0.717, 1.165) is 12.8 Å². The lowest BCUT2D eigenvalue weighted by atomic mass is 10.6. The quantitative estimate of drug-likeness (QED) is 0.507. The van der Waals surface area contributed by atoms with Crippen LogP contribution in [0.15, 0.2) is 0 Å². The zero-order valence-corrected chi connectivity index (χ0v) is 5.47. The molecule has 0 heterocycles. The fraction of sp³-hybridized carbons (Fsp3) is 0.667. The molecule has 0 rings (SSSR count). The maximum absolute atomic E-state index is 3.72. The molecule has 0 amide bonds. The second kappa shape index (κ2) is 6.35. The van der Waals surface area contributed by atoms with Gasteiger partial charge in [0.2, 0.25) is 0 Å². The normalized spacial score (nSPS) is 9.43. The monoisotopic (exact) mass is 116 g/mol. The largest absolute Gasteiger partial charge is 0.162 e. The van der Waals surface area contributed by atoms with Gasteiger partial charge in [0.05, 0.1) is 0 Å². The van der Waals surface area contributed by atoms with Crippen molar-refractivity contribution in [1.82, 2.24) is 0 Å². The third-order valence-electron chi connectivity index (χ3n) is 0.577. The Kier molecular flexibility index (Phi) is 6.67. The highest BCUT2D eigenvalue weighted by molar-refractivity contribution is 7.99. The Morgan fingerprint density at radius 3 is 1.71 bits per heavy atom. The summed E-state index contributed by atoms with van der Waals surface area (Å²) >= 11 is 1.93. The Hall–Kier alpha value is 0.350. The summed E-state index contributed by atoms with van der Waals surface area (Å²) in [5, 5.41) is 0. The van der Waals surface area contributed by atoms with Gasteiger partial charge in [-0.3, -0.25) is 0 Å². The first-order valence-corrected chi connectivity index (χ1v) is 3.73. The molecule has 0 fully saturated rings. The third kappa shape index (κ3) is 6.35. The van der Waals surface area contributed by atoms with Gasteiger partial charge in [0.25, 0.3) is 0 Å². The Morgan fingerprint density at radius 1 is 1.00 bits per heavy atom. The van der Waals surface area contributed by atoms with Gasteiger partial charge in [-0.15, -0.1) is 0 Å². The molecule has 7 heavy (non-hydrogen) atoms. The van der Waals surface area contributed by atoms with E-state index in [1.165, 1.54) is 11.5 Å². The fourth-order valence-corrected chi connectivity index (χ4v) is 0.919. The molecule has 0 aliphatic rings. The molecular weight excluding hydrogens is 104 g/mol. The molecular formula is C6H12S. The Balaban J connectivity index is 2.45. The van der Waals surface area contributed by atoms with Crippen molar-refractivity contribution in [3.05, 3.63) is 13.8 Å². The summed E-state index contributed by atoms with van der Waals surface area (Å²) in [6, 6.07) is 0. The van der Waals surface area contributed by atoms with Gasteiger partial charge < -0.3 is 0 Å². The van der Waals surface area contributed by atoms with Gasteiger partial charge in [0.15, 0.2) is 0 Å². The molecule has 0 aromatic carbocycles. The molecule has 0 aliphatic carbocycles. The van der Waals surface area contributed by atoms with E-state index in [1.54, 1.807) is 0 Å². The average molecular weight is 116 g/mol. The lowest BCUT2D eigenvalue weighted by Gasteiger charge is -1.91. The minimum absolute atomic E-state index is 1.05. The smallest absolute Gasteiger partial charge is 0.00675 e. The zero-order valence-electron chi connectivity index (χ0n) is 4.65. The van der Waals surface area contributed by atoms with Crippen molar-refractivity contribution >= 4 is 11.8 Å². The van der Waals surface area contributed by atoms with Gasteiger partial charge in [-0.1, -0.05) is 13.8 Å². The van der Waals surface area contributed by atoms with E-state index >= 15 is 0 Å². The van der Waals surface area contributed by atoms with Crippen LogP contribution in [0.25, 0.3) is 0 Å². The summed E-state index contributed by atoms with van der Waals surface area (Å²) in [6.45, 7) is 7.43. The van der Waals surface area contributed by atoms with E-state index in [-0.39, 0.29) is 0 Å². The molecule has 0 unspecified atom stereocenters. The summed E-state index contributed by atoms with van der Waals surface area (Å²) in [4.78, 5) is 0. The number of rotatable bonds is 4. The number of thioether (sulfide) groups is 1. The lowest BCUT2D eigenvalue weighted by molar-refractivity contribution is 1.20. The molecule has 0 atom stereocenters. The van der Waals surface area contributed by atoms with E-state index in [0.29, 0.717) is 0 Å². The lowest BCUT2D eigenvalue weighted by Crippen LogP contribution is -1.76. The predicted octanol–water partition coefficient (Wildman–Crippen LogP) is 2.17. The van der Waals surface area contributed by atoms with Gasteiger partial charge in [-0.2, -0.15) is 11.8 Å². The van der Waals surface area contributed by atoms with Crippen LogP contribution in [0, 0.1) is 13.8 Å². The second-order valence-corrected chi connectivity index (χ2v) is 2.54. The maximum Gasteiger partial charge on any atom is -0.00675 e. The second-order valence-electron chi connectivity index (χ2n) is 1.32. The first-order valence-electron chi connectivity index (χ1n) is 2.58. The van der Waals surface area contributed by atoms with Crippen molar-refractivity contribution < 1.29 is 0 Å². The van der Waals surface area contributed by atoms with Crippen molar-refractivity contribution in [2.45, 2.75) is 12.8 Å². The van der Waals surface area contributed by atoms with Crippen molar-refractivity contribution in [2.75, 3.05) is 11.5 Å². The summed E-state index contributed by atoms with van der Waals surface area (Å²) in [5.41, 5.74) is 0. The summed E-state index contributed by atoms with van der Waals surface area (Å²) < 4.78 is 0. The van der Waals surface area contributed by atoms with Crippen molar-refractivity contribution in [2.24, 2.45) is 0 Å². The third-order valence-corrected chi connectivity index (χ3v) is 1.73. The van der Waals surface area contributed by atoms with Crippen LogP contribution in [0.2, 0.25) is 0 Å². The van der Waals surface area contributed by atoms with Gasteiger partial charge in [-0.05, 0) is 24.3 Å². The maximum atomic E-state index is 3.72. The number of hydrogen-bond acceptors (Lipinski definition) is 1. The molecule has 0 bridgehead atoms. The zero-order chi connectivity index (χ0) is 5.54. The van der Waals surface area contributed by atoms with E-state index in [2.05, 4.69) is 13.8 Å². The molecule has 1 heteroatoms. The minimum atomic E-state index is 1.05. The van der Waals surface area contributed by atoms with Gasteiger partial charge in [-0.25, -0.2) is 0 Å². The van der Waals surface area contributed by atoms with E-state index < -0.39 is 0 Å². The van der Waals surface area contributed by atoms with E-state index in [1.807, 2.05) is 11.8 Å². The molecule has 0 saturated heterocycles. The molecule has 0 aromatic heterocycles. The van der Waals surface area contributed by atoms with Crippen LogP contribution >= 0.6 is 11.8 Å². The highest BCUT2D eigenvalue weighted by atomic mass is 32.2. The van der Waals surface area contributed by atoms with Crippen LogP contribution in [-0.4, -0.2) is 11.5 Å². The van der Waals surface area contributed by atoms with Crippen molar-refractivity contribution in [3.8, 4) is 0 Å². The molecule has 0 aliphatic heterocycles. The van der Waals surface area contributed by atoms with Crippen molar-refractivity contribution in [1.29, 1.82) is 0 Å². The van der Waals surface area contributed by atoms with Crippen LogP contribution in [0.5, 0.6) is 0 Å². The average Bonchev–Trinajstić information content (AvgIpc) is 1.69. The molecule has 0 spiro atoms. The molecule has 0 aromatic rings. The van der Waals surface area contributed by atoms with Crippen LogP contribution in [-0.2, 0) is 0 Å². The fourth-order valence-electron chi connectivity index (χ4n) is 0.306. The SMILES string of the molecule is [CH2]CCSCC[CH2]. The molecule has 0 saturated carbocycles. The summed E-state index contributed by atoms with van der Waals surface area (Å²) in [6.07, 6.45) is 2.09. The molecule has 0 nitrogen and oxygen atoms in total. The first-order chi connectivity index (χ1) is 3.41. The summed E-state index contributed by atoms with van der Waals surface area (Å²) in [7, 11) is 0. The minimum Gasteiger partial charge on any atom is -0.162 e. The topological polar surface area (TPSA) is 0 Å². The summed E-state index contributed by atoms with van der Waals surface area (Å²) in [5.74, 6) is 2.38. The van der Waals surface area contributed by atoms with Crippen LogP contribution in [0.4, 0.5) is 0 Å². The van der Waals surface area contributed by atoms with Crippen LogP contribution in [0.1, 0.15) is 12.8 Å². The Morgan fingerprint density at radius 2 is 1.43 bits per heavy atom. The highest BCUT2D eigenvalue weighted by Gasteiger charge is 1.79. The van der Waals surface area contributed by atoms with E-state index in [9.17, 15) is 0 Å². The first kappa shape index (κ1) is 7.35. The highest BCUT2D eigenvalue weighted by Crippen LogP contribution is 2.01. The van der Waals surface area contributed by atoms with Crippen LogP contribution in [0.3, 0.4) is 0 Å². The van der Waals surface area contributed by atoms with Gasteiger partial charge in [0.1, 0.15) is 0 Å². The van der Waals surface area contributed by atoms with Crippen LogP contribution < -0.4 is 0 Å². The number of hydrogen-bond donors (Lipinski definition) is 0. The van der Waals surface area contributed by atoms with Crippen molar-refractivity contribution in [3.63, 3.8) is 0 Å². The molecule has 2 radical (unpaired) electrons. The molecule has 42 valence electrons. The molecule has 0 N–H and O–H groups in total. The standard InChI is InChI=1S/C6H12S/c1-3-5-7-6-4-2/h1-6H2. The predicted molar refractivity (Wildman–Crippen MR) is 37.3 cm³/mol. The van der Waals surface area contributed by atoms with Gasteiger partial charge >= 0.3 is 0 Å². The van der Waals surface area contributed by atoms with E-state index in [4.69, 9.17) is 0 Å². The Bertz CT molecular complexity index is 23.4. The Labute approximate surface area is 50.7 Å².